The number of nitro benzene ring substituents is 1. The van der Waals surface area contributed by atoms with Crippen molar-refractivity contribution in [1.82, 2.24) is 0 Å². The molecular formula is C55H55ClFN7O12. The molecule has 0 unspecified atom stereocenters. The fourth-order valence-corrected chi connectivity index (χ4v) is 6.35. The molecule has 0 spiro atoms. The number of hydrogen-bond acceptors (Lipinski definition) is 12. The summed E-state index contributed by atoms with van der Waals surface area (Å²) >= 11 is 5.79. The number of carbonyl (C=O) groups excluding carboxylic acids is 4. The lowest BCUT2D eigenvalue weighted by Crippen LogP contribution is -2.45. The van der Waals surface area contributed by atoms with E-state index in [4.69, 9.17) is 39.0 Å². The summed E-state index contributed by atoms with van der Waals surface area (Å²) in [6.07, 6.45) is 0. The first-order valence-corrected chi connectivity index (χ1v) is 23.2. The Morgan fingerprint density at radius 3 is 1.22 bits per heavy atom. The average Bonchev–Trinajstić information content (AvgIpc) is 3.36. The first kappa shape index (κ1) is 59.6. The highest BCUT2D eigenvalue weighted by molar-refractivity contribution is 6.30. The number of aliphatic hydroxyl groups is 3. The van der Waals surface area contributed by atoms with Gasteiger partial charge in [0.05, 0.1) is 18.1 Å². The second-order valence-corrected chi connectivity index (χ2v) is 18.1. The highest BCUT2D eigenvalue weighted by Crippen LogP contribution is 2.27. The van der Waals surface area contributed by atoms with Crippen molar-refractivity contribution in [2.45, 2.75) is 65.3 Å². The number of amides is 4. The fraction of sp³-hybridized carbons (Fsp3) is 0.236. The molecule has 396 valence electrons. The van der Waals surface area contributed by atoms with Crippen LogP contribution in [0.1, 0.15) is 44.4 Å². The maximum atomic E-state index is 12.8. The summed E-state index contributed by atoms with van der Waals surface area (Å²) in [4.78, 5) is 64.9. The lowest BCUT2D eigenvalue weighted by atomic mass is 10.1. The van der Waals surface area contributed by atoms with E-state index in [1.807, 2.05) is 0 Å². The van der Waals surface area contributed by atoms with Crippen molar-refractivity contribution < 1.29 is 58.0 Å². The highest BCUT2D eigenvalue weighted by Gasteiger charge is 2.34. The van der Waals surface area contributed by atoms with Crippen LogP contribution in [-0.2, 0) is 19.2 Å². The van der Waals surface area contributed by atoms with Crippen molar-refractivity contribution >= 4 is 75.0 Å². The van der Waals surface area contributed by atoms with Crippen LogP contribution in [0.15, 0.2) is 127 Å². The van der Waals surface area contributed by atoms with Gasteiger partial charge in [0.15, 0.2) is 28.2 Å². The number of hydrogen-bond donors (Lipinski definition) is 7. The van der Waals surface area contributed by atoms with Crippen LogP contribution in [-0.4, -0.2) is 80.5 Å². The van der Waals surface area contributed by atoms with Crippen molar-refractivity contribution in [2.24, 2.45) is 0 Å². The molecule has 0 saturated carbocycles. The summed E-state index contributed by atoms with van der Waals surface area (Å²) in [6.45, 7) is 23.7. The second kappa shape index (κ2) is 26.9. The molecule has 7 N–H and O–H groups in total. The maximum absolute atomic E-state index is 12.8. The van der Waals surface area contributed by atoms with Gasteiger partial charge in [-0.1, -0.05) is 23.7 Å². The van der Waals surface area contributed by atoms with E-state index in [0.29, 0.717) is 62.0 Å². The topological polar surface area (TPSA) is 257 Å². The minimum Gasteiger partial charge on any atom is -0.490 e. The zero-order chi connectivity index (χ0) is 56.4. The zero-order valence-corrected chi connectivity index (χ0v) is 43.1. The van der Waals surface area contributed by atoms with Crippen LogP contribution in [0.3, 0.4) is 0 Å². The monoisotopic (exact) mass is 1060 g/mol. The summed E-state index contributed by atoms with van der Waals surface area (Å²) in [5.74, 6) is -1.28. The summed E-state index contributed by atoms with van der Waals surface area (Å²) in [7, 11) is 0. The van der Waals surface area contributed by atoms with E-state index in [0.717, 1.165) is 11.1 Å². The van der Waals surface area contributed by atoms with Gasteiger partial charge in [0.2, 0.25) is 5.91 Å². The van der Waals surface area contributed by atoms with Gasteiger partial charge in [-0.15, -0.1) is 0 Å². The molecule has 21 heteroatoms. The Bertz CT molecular complexity index is 2990. The highest BCUT2D eigenvalue weighted by atomic mass is 35.5. The third kappa shape index (κ3) is 18.5. The second-order valence-electron chi connectivity index (χ2n) is 17.6. The Balaban J connectivity index is 0.000000247. The molecule has 0 aliphatic rings. The van der Waals surface area contributed by atoms with Crippen molar-refractivity contribution in [1.29, 1.82) is 0 Å². The Morgan fingerprint density at radius 1 is 0.566 bits per heavy atom. The average molecular weight is 1060 g/mol. The molecule has 0 aliphatic carbocycles. The van der Waals surface area contributed by atoms with Crippen LogP contribution in [0.2, 0.25) is 5.02 Å². The number of benzene rings is 6. The van der Waals surface area contributed by atoms with Gasteiger partial charge in [-0.2, -0.15) is 0 Å². The van der Waals surface area contributed by atoms with E-state index in [2.05, 4.69) is 31.0 Å². The van der Waals surface area contributed by atoms with E-state index in [1.54, 1.807) is 106 Å². The van der Waals surface area contributed by atoms with E-state index >= 15 is 0 Å². The largest absolute Gasteiger partial charge is 0.490 e. The summed E-state index contributed by atoms with van der Waals surface area (Å²) in [5.41, 5.74) is -0.600. The summed E-state index contributed by atoms with van der Waals surface area (Å²) in [5, 5.41) is 52.7. The Hall–Kier alpha value is -8.92. The van der Waals surface area contributed by atoms with Crippen LogP contribution in [0.5, 0.6) is 17.2 Å². The number of halogens is 2. The Morgan fingerprint density at radius 2 is 0.895 bits per heavy atom. The number of anilines is 4. The first-order valence-electron chi connectivity index (χ1n) is 22.8. The first-order chi connectivity index (χ1) is 35.7. The van der Waals surface area contributed by atoms with Gasteiger partial charge >= 0.3 is 0 Å². The molecular weight excluding hydrogens is 1010 g/mol. The number of aryl methyl sites for hydroxylation is 3. The van der Waals surface area contributed by atoms with Crippen molar-refractivity contribution in [2.75, 3.05) is 41.1 Å². The quantitative estimate of drug-likeness (QED) is 0.0256. The van der Waals surface area contributed by atoms with Gasteiger partial charge in [0, 0.05) is 46.3 Å². The smallest absolute Gasteiger partial charge is 0.272 e. The third-order valence-corrected chi connectivity index (χ3v) is 10.9. The molecule has 0 saturated heterocycles. The molecule has 6 rings (SSSR count). The molecule has 0 bridgehead atoms. The predicted octanol–water partition coefficient (Wildman–Crippen LogP) is 10.1. The van der Waals surface area contributed by atoms with Crippen LogP contribution < -0.4 is 35.5 Å². The van der Waals surface area contributed by atoms with Gasteiger partial charge in [0.1, 0.15) is 42.9 Å². The van der Waals surface area contributed by atoms with E-state index < -0.39 is 45.3 Å². The van der Waals surface area contributed by atoms with Crippen molar-refractivity contribution in [3.63, 3.8) is 0 Å². The predicted molar refractivity (Wildman–Crippen MR) is 286 cm³/mol. The molecule has 76 heavy (non-hydrogen) atoms. The minimum absolute atomic E-state index is 0.0594. The van der Waals surface area contributed by atoms with Crippen LogP contribution >= 0.6 is 11.6 Å². The normalized spacial score (nSPS) is 12.7. The number of nitro groups is 1. The molecule has 6 aromatic rings. The number of ether oxygens (including phenoxy) is 3. The molecule has 0 fully saturated rings. The van der Waals surface area contributed by atoms with E-state index in [1.165, 1.54) is 70.2 Å². The van der Waals surface area contributed by atoms with Gasteiger partial charge in [-0.05, 0) is 162 Å². The van der Waals surface area contributed by atoms with Gasteiger partial charge < -0.3 is 50.8 Å². The molecule has 4 amide bonds. The number of carbonyl (C=O) groups is 4. The lowest BCUT2D eigenvalue weighted by molar-refractivity contribution is -0.385. The van der Waals surface area contributed by atoms with Crippen molar-refractivity contribution in [3.05, 3.63) is 188 Å². The van der Waals surface area contributed by atoms with Gasteiger partial charge in [0.25, 0.3) is 23.4 Å². The Kier molecular flexibility index (Phi) is 21.1. The number of rotatable bonds is 17. The minimum atomic E-state index is -1.84. The molecule has 0 aromatic heterocycles. The molecule has 0 aliphatic heterocycles. The standard InChI is InChI=1S/C19H21N3O6.C18H17ClN2O3.C18H17FN2O3/c1-12-10-15(6-9-17(12)22(26)27)21-18(24)19(3,25)11-28-16-7-4-14(5-8-16)20-13(2)23;2*1-12-10-14(6-9-16(12)20-3)21-17(22)18(2,23)11-24-15-7-4-13(19)5-8-15/h4-10,25H,11H2,1-3H3,(H,20,23)(H,21,24);2*4-10,23H,11H2,1-2H3,(H,21,22)/t19-;2*18-/m000/s1. The summed E-state index contributed by atoms with van der Waals surface area (Å²) in [6, 6.07) is 32.3. The molecule has 0 radical (unpaired) electrons. The van der Waals surface area contributed by atoms with E-state index in [-0.39, 0.29) is 31.4 Å². The number of nitrogens with one attached hydrogen (secondary N) is 4. The lowest BCUT2D eigenvalue weighted by Gasteiger charge is -2.22. The van der Waals surface area contributed by atoms with Crippen LogP contribution in [0.25, 0.3) is 9.69 Å². The number of nitrogens with zero attached hydrogens (tertiary/aromatic N) is 3. The maximum Gasteiger partial charge on any atom is 0.272 e. The van der Waals surface area contributed by atoms with E-state index in [9.17, 15) is 49.0 Å². The SMILES string of the molecule is CC(=O)Nc1ccc(OC[C@](C)(O)C(=O)Nc2ccc([N+](=O)[O-])c(C)c2)cc1.[C-]#[N+]c1ccc(NC(=O)[C@@](C)(O)COc2ccc(Cl)cc2)cc1C.[C-]#[N+]c1ccc(NC(=O)[C@@](C)(O)COc2ccc(F)cc2)cc1C. The van der Waals surface area contributed by atoms with Crippen LogP contribution in [0.4, 0.5) is 44.2 Å². The molecule has 19 nitrogen and oxygen atoms in total. The van der Waals surface area contributed by atoms with Crippen molar-refractivity contribution in [3.8, 4) is 17.2 Å². The molecule has 3 atom stereocenters. The molecule has 0 heterocycles. The fourth-order valence-electron chi connectivity index (χ4n) is 6.22. The summed E-state index contributed by atoms with van der Waals surface area (Å²) < 4.78 is 29.0. The van der Waals surface area contributed by atoms with Gasteiger partial charge in [-0.25, -0.2) is 14.1 Å². The van der Waals surface area contributed by atoms with Gasteiger partial charge in [-0.3, -0.25) is 29.3 Å². The van der Waals surface area contributed by atoms with Crippen LogP contribution in [0, 0.1) is 49.8 Å². The molecule has 6 aromatic carbocycles. The zero-order valence-electron chi connectivity index (χ0n) is 42.4. The third-order valence-electron chi connectivity index (χ3n) is 10.6. The Labute approximate surface area is 443 Å².